The average Bonchev–Trinajstić information content (AvgIpc) is 2.54. The van der Waals surface area contributed by atoms with Crippen LogP contribution in [0.5, 0.6) is 0 Å². The summed E-state index contributed by atoms with van der Waals surface area (Å²) >= 11 is 0. The van der Waals surface area contributed by atoms with Crippen LogP contribution in [0, 0.1) is 0 Å². The quantitative estimate of drug-likeness (QED) is 0.243. The average molecular weight is 342 g/mol. The van der Waals surface area contributed by atoms with Gasteiger partial charge in [-0.05, 0) is 0 Å². The van der Waals surface area contributed by atoms with Crippen LogP contribution < -0.4 is 0 Å². The lowest BCUT2D eigenvalue weighted by Gasteiger charge is -2.44. The zero-order valence-electron chi connectivity index (χ0n) is 12.0. The van der Waals surface area contributed by atoms with E-state index in [0.29, 0.717) is 0 Å². The third-order valence-electron chi connectivity index (χ3n) is 3.99. The van der Waals surface area contributed by atoms with Crippen molar-refractivity contribution in [2.45, 2.75) is 54.8 Å². The molecule has 2 fully saturated rings. The Kier molecular flexibility index (Phi) is 5.92. The second-order valence-corrected chi connectivity index (χ2v) is 5.67. The van der Waals surface area contributed by atoms with Crippen molar-refractivity contribution >= 4 is 0 Å². The van der Waals surface area contributed by atoms with Crippen molar-refractivity contribution in [2.75, 3.05) is 19.8 Å². The third kappa shape index (κ3) is 3.65. The summed E-state index contributed by atoms with van der Waals surface area (Å²) in [7, 11) is 0. The van der Waals surface area contributed by atoms with Gasteiger partial charge >= 0.3 is 0 Å². The molecule has 11 heteroatoms. The van der Waals surface area contributed by atoms with Gasteiger partial charge in [-0.1, -0.05) is 0 Å². The molecule has 0 aromatic carbocycles. The Hall–Kier alpha value is -0.440. The van der Waals surface area contributed by atoms with E-state index in [1.807, 2.05) is 0 Å². The molecular formula is C12H22O11. The second-order valence-electron chi connectivity index (χ2n) is 5.67. The second kappa shape index (κ2) is 7.21. The maximum absolute atomic E-state index is 10.1. The lowest BCUT2D eigenvalue weighted by atomic mass is 9.97. The number of hydrogen-bond acceptors (Lipinski definition) is 11. The summed E-state index contributed by atoms with van der Waals surface area (Å²) in [5, 5.41) is 76.8. The molecule has 0 bridgehead atoms. The van der Waals surface area contributed by atoms with E-state index in [2.05, 4.69) is 0 Å². The fourth-order valence-electron chi connectivity index (χ4n) is 2.42. The first-order valence-corrected chi connectivity index (χ1v) is 7.04. The molecule has 11 nitrogen and oxygen atoms in total. The van der Waals surface area contributed by atoms with Crippen molar-refractivity contribution in [3.8, 4) is 0 Å². The van der Waals surface area contributed by atoms with Gasteiger partial charge in [0.25, 0.3) is 0 Å². The van der Waals surface area contributed by atoms with Gasteiger partial charge in [-0.2, -0.15) is 0 Å². The molecular weight excluding hydrogens is 320 g/mol. The molecule has 2 rings (SSSR count). The number of hydrogen-bond donors (Lipinski definition) is 8. The fraction of sp³-hybridized carbons (Fsp3) is 1.00. The van der Waals surface area contributed by atoms with Crippen molar-refractivity contribution in [3.05, 3.63) is 0 Å². The van der Waals surface area contributed by atoms with Crippen LogP contribution >= 0.6 is 0 Å². The van der Waals surface area contributed by atoms with Crippen LogP contribution in [0.3, 0.4) is 0 Å². The van der Waals surface area contributed by atoms with E-state index in [0.717, 1.165) is 0 Å². The van der Waals surface area contributed by atoms with Crippen molar-refractivity contribution in [3.63, 3.8) is 0 Å². The first-order chi connectivity index (χ1) is 10.7. The van der Waals surface area contributed by atoms with Crippen molar-refractivity contribution < 1.29 is 55.1 Å². The van der Waals surface area contributed by atoms with Gasteiger partial charge in [0.1, 0.15) is 49.3 Å². The molecule has 0 aromatic rings. The van der Waals surface area contributed by atoms with Gasteiger partial charge in [-0.15, -0.1) is 0 Å². The zero-order chi connectivity index (χ0) is 17.4. The molecule has 8 N–H and O–H groups in total. The molecule has 0 aliphatic carbocycles. The van der Waals surface area contributed by atoms with E-state index < -0.39 is 74.6 Å². The Labute approximate surface area is 130 Å². The molecule has 2 aliphatic heterocycles. The Morgan fingerprint density at radius 2 is 1.61 bits per heavy atom. The molecule has 23 heavy (non-hydrogen) atoms. The minimum Gasteiger partial charge on any atom is -0.394 e. The molecule has 0 saturated carbocycles. The summed E-state index contributed by atoms with van der Waals surface area (Å²) in [6.45, 7) is -1.90. The van der Waals surface area contributed by atoms with Crippen molar-refractivity contribution in [1.29, 1.82) is 0 Å². The smallest absolute Gasteiger partial charge is 0.219 e. The van der Waals surface area contributed by atoms with Crippen LogP contribution in [0.2, 0.25) is 0 Å². The Morgan fingerprint density at radius 1 is 0.957 bits per heavy atom. The van der Waals surface area contributed by atoms with E-state index in [4.69, 9.17) is 19.3 Å². The van der Waals surface area contributed by atoms with Gasteiger partial charge in [0.05, 0.1) is 13.2 Å². The van der Waals surface area contributed by atoms with E-state index in [-0.39, 0.29) is 0 Å². The number of rotatable bonds is 4. The summed E-state index contributed by atoms with van der Waals surface area (Å²) in [6.07, 6.45) is -12.6. The summed E-state index contributed by atoms with van der Waals surface area (Å²) in [5.41, 5.74) is 0. The van der Waals surface area contributed by atoms with Gasteiger partial charge in [0, 0.05) is 0 Å². The maximum atomic E-state index is 10.1. The SMILES string of the molecule is OC[C@H]1O[C@@H](OC[C@]2(O)OC[C@@H](O)[C@@H](O)[C@@H]2O)[C@H](O)[C@@H](O)[C@@H]1O. The van der Waals surface area contributed by atoms with Crippen LogP contribution in [0.25, 0.3) is 0 Å². The zero-order valence-corrected chi connectivity index (χ0v) is 12.0. The Morgan fingerprint density at radius 3 is 2.22 bits per heavy atom. The van der Waals surface area contributed by atoms with Gasteiger partial charge in [-0.25, -0.2) is 0 Å². The molecule has 2 saturated heterocycles. The fourth-order valence-corrected chi connectivity index (χ4v) is 2.42. The normalized spacial score (nSPS) is 51.7. The van der Waals surface area contributed by atoms with Crippen molar-refractivity contribution in [1.82, 2.24) is 0 Å². The maximum Gasteiger partial charge on any atom is 0.219 e. The number of aliphatic hydroxyl groups excluding tert-OH is 7. The van der Waals surface area contributed by atoms with E-state index in [1.54, 1.807) is 0 Å². The van der Waals surface area contributed by atoms with Crippen LogP contribution in [-0.4, -0.2) is 115 Å². The predicted molar refractivity (Wildman–Crippen MR) is 68.6 cm³/mol. The van der Waals surface area contributed by atoms with Crippen molar-refractivity contribution in [2.24, 2.45) is 0 Å². The van der Waals surface area contributed by atoms with Gasteiger partial charge in [0.15, 0.2) is 6.29 Å². The summed E-state index contributed by atoms with van der Waals surface area (Å²) in [5.74, 6) is -2.38. The molecule has 0 aromatic heterocycles. The van der Waals surface area contributed by atoms with Crippen LogP contribution in [0.1, 0.15) is 0 Å². The largest absolute Gasteiger partial charge is 0.394 e. The molecule has 0 radical (unpaired) electrons. The van der Waals surface area contributed by atoms with Crippen LogP contribution in [-0.2, 0) is 14.2 Å². The highest BCUT2D eigenvalue weighted by Crippen LogP contribution is 2.27. The minimum atomic E-state index is -2.38. The molecule has 2 heterocycles. The summed E-state index contributed by atoms with van der Waals surface area (Å²) in [6, 6.07) is 0. The number of ether oxygens (including phenoxy) is 3. The highest BCUT2D eigenvalue weighted by Gasteiger charge is 2.50. The van der Waals surface area contributed by atoms with Gasteiger partial charge in [-0.3, -0.25) is 0 Å². The highest BCUT2D eigenvalue weighted by atomic mass is 16.7. The minimum absolute atomic E-state index is 0.466. The number of aliphatic hydroxyl groups is 8. The van der Waals surface area contributed by atoms with Crippen LogP contribution in [0.15, 0.2) is 0 Å². The van der Waals surface area contributed by atoms with E-state index in [9.17, 15) is 35.7 Å². The molecule has 0 spiro atoms. The molecule has 136 valence electrons. The molecule has 2 aliphatic rings. The first-order valence-electron chi connectivity index (χ1n) is 7.04. The Balaban J connectivity index is 1.99. The summed E-state index contributed by atoms with van der Waals surface area (Å²) in [4.78, 5) is 0. The lowest BCUT2D eigenvalue weighted by Crippen LogP contribution is -2.64. The predicted octanol–water partition coefficient (Wildman–Crippen LogP) is -5.40. The topological polar surface area (TPSA) is 190 Å². The van der Waals surface area contributed by atoms with E-state index in [1.165, 1.54) is 0 Å². The highest BCUT2D eigenvalue weighted by molar-refractivity contribution is 4.93. The standard InChI is InChI=1S/C12H22O11/c13-1-5-7(16)8(17)9(18)11(23-5)21-3-12(20)10(19)6(15)4(14)2-22-12/h4-11,13-20H,1-3H2/t4-,5-,6-,7-,8+,9-,10+,11-,12+/m1/s1. The Bertz CT molecular complexity index is 393. The first kappa shape index (κ1) is 18.9. The molecule has 9 atom stereocenters. The van der Waals surface area contributed by atoms with E-state index >= 15 is 0 Å². The summed E-state index contributed by atoms with van der Waals surface area (Å²) < 4.78 is 15.0. The molecule has 0 unspecified atom stereocenters. The van der Waals surface area contributed by atoms with Crippen LogP contribution in [0.4, 0.5) is 0 Å². The monoisotopic (exact) mass is 342 g/mol. The third-order valence-corrected chi connectivity index (χ3v) is 3.99. The molecule has 0 amide bonds. The lowest BCUT2D eigenvalue weighted by molar-refractivity contribution is -0.364. The van der Waals surface area contributed by atoms with Gasteiger partial charge < -0.3 is 55.1 Å². The van der Waals surface area contributed by atoms with Gasteiger partial charge in [0.2, 0.25) is 5.79 Å².